The number of fused-ring (bicyclic) bond motifs is 3. The summed E-state index contributed by atoms with van der Waals surface area (Å²) in [4.78, 5) is 15.1. The van der Waals surface area contributed by atoms with E-state index in [1.807, 2.05) is 0 Å². The molecule has 0 amide bonds. The maximum Gasteiger partial charge on any atom is 0.246 e. The molecule has 1 atom stereocenters. The molecule has 118 valence electrons. The number of H-pyrrole nitrogens is 1. The van der Waals surface area contributed by atoms with Crippen molar-refractivity contribution >= 4 is 55.8 Å². The van der Waals surface area contributed by atoms with Gasteiger partial charge in [0.15, 0.2) is 0 Å². The monoisotopic (exact) mass is 409 g/mol. The summed E-state index contributed by atoms with van der Waals surface area (Å²) in [5, 5.41) is 1.45. The van der Waals surface area contributed by atoms with Crippen LogP contribution in [0.2, 0.25) is 10.0 Å². The first-order chi connectivity index (χ1) is 10.2. The van der Waals surface area contributed by atoms with Crippen molar-refractivity contribution in [2.45, 2.75) is 38.0 Å². The largest absolute Gasteiger partial charge is 0.357 e. The van der Waals surface area contributed by atoms with Crippen molar-refractivity contribution in [3.05, 3.63) is 31.8 Å². The van der Waals surface area contributed by atoms with E-state index in [0.29, 0.717) is 25.7 Å². The highest BCUT2D eigenvalue weighted by Gasteiger charge is 2.36. The third-order valence-corrected chi connectivity index (χ3v) is 5.33. The van der Waals surface area contributed by atoms with Gasteiger partial charge in [0.05, 0.1) is 15.6 Å². The van der Waals surface area contributed by atoms with Gasteiger partial charge in [0.1, 0.15) is 5.78 Å². The number of carbonyl (C=O) groups is 1. The lowest BCUT2D eigenvalue weighted by Crippen LogP contribution is -2.23. The Hall–Kier alpha value is -0.650. The number of nitrogens with one attached hydrogen (secondary N) is 1. The number of Topliss-reactive ketones (excluding diaryl/α,β-unsaturated/α-hetero) is 1. The summed E-state index contributed by atoms with van der Waals surface area (Å²) in [7, 11) is 0. The quantitative estimate of drug-likeness (QED) is 0.616. The molecule has 0 spiro atoms. The van der Waals surface area contributed by atoms with E-state index in [4.69, 9.17) is 23.2 Å². The zero-order chi connectivity index (χ0) is 16.2. The second-order valence-electron chi connectivity index (χ2n) is 5.81. The van der Waals surface area contributed by atoms with Gasteiger partial charge in [0.2, 0.25) is 5.92 Å². The number of aromatic amines is 1. The van der Waals surface area contributed by atoms with Gasteiger partial charge >= 0.3 is 0 Å². The molecule has 0 saturated carbocycles. The van der Waals surface area contributed by atoms with Crippen LogP contribution in [0.15, 0.2) is 10.5 Å². The van der Waals surface area contributed by atoms with Crippen molar-refractivity contribution in [3.8, 4) is 0 Å². The fraction of sp³-hybridized carbons (Fsp3) is 0.400. The molecule has 1 N–H and O–H groups in total. The number of benzene rings is 1. The lowest BCUT2D eigenvalue weighted by atomic mass is 9.83. The van der Waals surface area contributed by atoms with Crippen LogP contribution in [0.25, 0.3) is 10.9 Å². The fourth-order valence-corrected chi connectivity index (χ4v) is 4.34. The average molecular weight is 411 g/mol. The predicted octanol–water partition coefficient (Wildman–Crippen LogP) is 5.88. The van der Waals surface area contributed by atoms with Crippen LogP contribution < -0.4 is 0 Å². The lowest BCUT2D eigenvalue weighted by Gasteiger charge is -2.24. The molecule has 1 aromatic heterocycles. The number of halogens is 5. The van der Waals surface area contributed by atoms with Crippen molar-refractivity contribution in [2.75, 3.05) is 0 Å². The van der Waals surface area contributed by atoms with Crippen LogP contribution in [-0.4, -0.2) is 16.7 Å². The molecule has 1 heterocycles. The van der Waals surface area contributed by atoms with E-state index < -0.39 is 11.8 Å². The number of carbonyl (C=O) groups excluding carboxylic acids is 1. The smallest absolute Gasteiger partial charge is 0.246 e. The predicted molar refractivity (Wildman–Crippen MR) is 87.3 cm³/mol. The van der Waals surface area contributed by atoms with Gasteiger partial charge in [-0.15, -0.1) is 0 Å². The van der Waals surface area contributed by atoms with Gasteiger partial charge < -0.3 is 4.98 Å². The summed E-state index contributed by atoms with van der Waals surface area (Å²) in [5.41, 5.74) is 2.00. The third-order valence-electron chi connectivity index (χ3n) is 3.92. The molecule has 0 radical (unpaired) electrons. The maximum absolute atomic E-state index is 13.4. The van der Waals surface area contributed by atoms with E-state index in [0.717, 1.165) is 17.9 Å². The van der Waals surface area contributed by atoms with Gasteiger partial charge in [-0.2, -0.15) is 0 Å². The molecule has 0 aliphatic heterocycles. The number of hydrogen-bond donors (Lipinski definition) is 1. The highest BCUT2D eigenvalue weighted by atomic mass is 79.9. The van der Waals surface area contributed by atoms with E-state index in [1.54, 1.807) is 6.07 Å². The highest BCUT2D eigenvalue weighted by Crippen LogP contribution is 2.45. The zero-order valence-corrected chi connectivity index (χ0v) is 14.7. The van der Waals surface area contributed by atoms with Crippen LogP contribution in [-0.2, 0) is 11.2 Å². The normalized spacial score (nSPS) is 18.8. The Labute approximate surface area is 144 Å². The third kappa shape index (κ3) is 2.79. The number of rotatable bonds is 2. The second-order valence-corrected chi connectivity index (χ2v) is 7.45. The highest BCUT2D eigenvalue weighted by molar-refractivity contribution is 9.10. The first kappa shape index (κ1) is 16.2. The van der Waals surface area contributed by atoms with Crippen LogP contribution in [0, 0.1) is 0 Å². The SMILES string of the molecule is CC(F)(F)CC1CC(=O)Cc2c1[nH]c1c(Cl)c(Cl)cc(Br)c21. The topological polar surface area (TPSA) is 32.9 Å². The second kappa shape index (κ2) is 5.46. The molecule has 1 aliphatic carbocycles. The minimum Gasteiger partial charge on any atom is -0.357 e. The summed E-state index contributed by atoms with van der Waals surface area (Å²) in [6.45, 7) is 0.869. The van der Waals surface area contributed by atoms with Gasteiger partial charge in [0.25, 0.3) is 0 Å². The van der Waals surface area contributed by atoms with E-state index in [9.17, 15) is 13.6 Å². The number of aromatic nitrogens is 1. The van der Waals surface area contributed by atoms with Crippen molar-refractivity contribution in [1.29, 1.82) is 0 Å². The molecular weight excluding hydrogens is 399 g/mol. The molecule has 1 aliphatic rings. The summed E-state index contributed by atoms with van der Waals surface area (Å²) in [5.74, 6) is -3.42. The molecule has 22 heavy (non-hydrogen) atoms. The zero-order valence-electron chi connectivity index (χ0n) is 11.6. The Bertz CT molecular complexity index is 782. The molecule has 2 aromatic rings. The number of alkyl halides is 2. The first-order valence-electron chi connectivity index (χ1n) is 6.75. The maximum atomic E-state index is 13.4. The van der Waals surface area contributed by atoms with Crippen LogP contribution >= 0.6 is 39.1 Å². The van der Waals surface area contributed by atoms with Crippen LogP contribution in [0.3, 0.4) is 0 Å². The van der Waals surface area contributed by atoms with Gasteiger partial charge in [-0.3, -0.25) is 4.79 Å². The summed E-state index contributed by atoms with van der Waals surface area (Å²) in [6, 6.07) is 1.66. The van der Waals surface area contributed by atoms with Crippen molar-refractivity contribution in [1.82, 2.24) is 4.98 Å². The Balaban J connectivity index is 2.23. The molecule has 1 aromatic carbocycles. The molecule has 1 unspecified atom stereocenters. The van der Waals surface area contributed by atoms with Crippen molar-refractivity contribution < 1.29 is 13.6 Å². The number of hydrogen-bond acceptors (Lipinski definition) is 1. The fourth-order valence-electron chi connectivity index (χ4n) is 3.14. The molecular formula is C15H12BrCl2F2NO. The minimum atomic E-state index is -2.84. The Morgan fingerprint density at radius 3 is 2.77 bits per heavy atom. The van der Waals surface area contributed by atoms with Crippen LogP contribution in [0.4, 0.5) is 8.78 Å². The molecule has 0 fully saturated rings. The molecule has 2 nitrogen and oxygen atoms in total. The molecule has 0 saturated heterocycles. The van der Waals surface area contributed by atoms with Crippen molar-refractivity contribution in [2.24, 2.45) is 0 Å². The summed E-state index contributed by atoms with van der Waals surface area (Å²) in [6.07, 6.45) is -0.0363. The summed E-state index contributed by atoms with van der Waals surface area (Å²) >= 11 is 15.7. The minimum absolute atomic E-state index is 0.0411. The van der Waals surface area contributed by atoms with E-state index in [1.165, 1.54) is 0 Å². The Kier molecular flexibility index (Phi) is 4.03. The van der Waals surface area contributed by atoms with Gasteiger partial charge in [-0.1, -0.05) is 39.1 Å². The van der Waals surface area contributed by atoms with Gasteiger partial charge in [0, 0.05) is 40.7 Å². The van der Waals surface area contributed by atoms with Gasteiger partial charge in [-0.25, -0.2) is 8.78 Å². The number of ketones is 1. The van der Waals surface area contributed by atoms with Crippen LogP contribution in [0.1, 0.15) is 36.9 Å². The average Bonchev–Trinajstić information content (AvgIpc) is 2.74. The standard InChI is InChI=1S/C15H12BrCl2F2NO/c1-15(19,20)5-6-2-7(22)3-8-11-9(16)4-10(17)12(18)14(11)21-13(6)8/h4,6,21H,2-3,5H2,1H3. The van der Waals surface area contributed by atoms with E-state index >= 15 is 0 Å². The lowest BCUT2D eigenvalue weighted by molar-refractivity contribution is -0.119. The molecule has 7 heteroatoms. The summed E-state index contributed by atoms with van der Waals surface area (Å²) < 4.78 is 27.5. The van der Waals surface area contributed by atoms with E-state index in [2.05, 4.69) is 20.9 Å². The van der Waals surface area contributed by atoms with Crippen molar-refractivity contribution in [3.63, 3.8) is 0 Å². The van der Waals surface area contributed by atoms with Crippen LogP contribution in [0.5, 0.6) is 0 Å². The van der Waals surface area contributed by atoms with E-state index in [-0.39, 0.29) is 25.0 Å². The first-order valence-corrected chi connectivity index (χ1v) is 8.29. The Morgan fingerprint density at radius 1 is 1.45 bits per heavy atom. The van der Waals surface area contributed by atoms with Gasteiger partial charge in [-0.05, 0) is 18.6 Å². The Morgan fingerprint density at radius 2 is 2.14 bits per heavy atom. The molecule has 3 rings (SSSR count). The molecule has 0 bridgehead atoms.